The van der Waals surface area contributed by atoms with Crippen LogP contribution in [0.3, 0.4) is 0 Å². The third kappa shape index (κ3) is 4.56. The van der Waals surface area contributed by atoms with Crippen LogP contribution >= 0.6 is 0 Å². The van der Waals surface area contributed by atoms with Crippen molar-refractivity contribution >= 4 is 11.9 Å². The molecule has 7 heteroatoms. The molecule has 7 nitrogen and oxygen atoms in total. The maximum absolute atomic E-state index is 12.1. The van der Waals surface area contributed by atoms with Crippen LogP contribution in [0.15, 0.2) is 6.20 Å². The number of carboxylic acid groups (broad SMARTS) is 1. The van der Waals surface area contributed by atoms with Gasteiger partial charge in [0, 0.05) is 44.6 Å². The molecule has 0 aromatic carbocycles. The Hall–Kier alpha value is -1.86. The zero-order chi connectivity index (χ0) is 16.8. The average molecular weight is 323 g/mol. The van der Waals surface area contributed by atoms with Crippen LogP contribution < -0.4 is 5.32 Å². The molecular weight excluding hydrogens is 298 g/mol. The Morgan fingerprint density at radius 3 is 2.65 bits per heavy atom. The van der Waals surface area contributed by atoms with Crippen molar-refractivity contribution in [3.05, 3.63) is 23.0 Å². The van der Waals surface area contributed by atoms with Crippen molar-refractivity contribution < 1.29 is 19.4 Å². The summed E-state index contributed by atoms with van der Waals surface area (Å²) in [7, 11) is 0. The minimum atomic E-state index is -0.981. The van der Waals surface area contributed by atoms with E-state index in [1.165, 1.54) is 0 Å². The van der Waals surface area contributed by atoms with Gasteiger partial charge in [-0.05, 0) is 19.4 Å². The van der Waals surface area contributed by atoms with Crippen LogP contribution in [0.1, 0.15) is 28.5 Å². The van der Waals surface area contributed by atoms with E-state index in [9.17, 15) is 14.7 Å². The van der Waals surface area contributed by atoms with Crippen LogP contribution in [0.4, 0.5) is 0 Å². The third-order valence-corrected chi connectivity index (χ3v) is 4.12. The van der Waals surface area contributed by atoms with E-state index < -0.39 is 5.97 Å². The third-order valence-electron chi connectivity index (χ3n) is 4.12. The topological polar surface area (TPSA) is 83.8 Å². The Bertz CT molecular complexity index is 562. The van der Waals surface area contributed by atoms with Gasteiger partial charge in [-0.1, -0.05) is 0 Å². The van der Waals surface area contributed by atoms with Crippen molar-refractivity contribution in [2.24, 2.45) is 0 Å². The van der Waals surface area contributed by atoms with Gasteiger partial charge in [0.15, 0.2) is 0 Å². The van der Waals surface area contributed by atoms with Crippen LogP contribution in [-0.2, 0) is 22.5 Å². The number of carboxylic acids is 1. The highest BCUT2D eigenvalue weighted by Gasteiger charge is 2.20. The van der Waals surface area contributed by atoms with Crippen LogP contribution in [-0.4, -0.2) is 65.8 Å². The minimum Gasteiger partial charge on any atom is -0.478 e. The largest absolute Gasteiger partial charge is 0.478 e. The second-order valence-electron chi connectivity index (χ2n) is 5.71. The Morgan fingerprint density at radius 2 is 2.04 bits per heavy atom. The Morgan fingerprint density at radius 1 is 1.35 bits per heavy atom. The molecule has 23 heavy (non-hydrogen) atoms. The van der Waals surface area contributed by atoms with Crippen LogP contribution in [0.25, 0.3) is 0 Å². The molecule has 1 aliphatic rings. The number of hydrogen-bond acceptors (Lipinski definition) is 4. The molecule has 1 amide bonds. The monoisotopic (exact) mass is 323 g/mol. The lowest BCUT2D eigenvalue weighted by Gasteiger charge is -2.26. The Balaban J connectivity index is 1.90. The first-order valence-corrected chi connectivity index (χ1v) is 8.01. The molecule has 1 saturated heterocycles. The number of nitrogens with zero attached hydrogens (tertiary/aromatic N) is 2. The van der Waals surface area contributed by atoms with Crippen LogP contribution in [0.2, 0.25) is 0 Å². The van der Waals surface area contributed by atoms with E-state index in [1.807, 2.05) is 11.5 Å². The SMILES string of the molecule is CCn1cc(C)c(C(=O)O)c1CC(=O)NCCN1CCOCC1. The predicted molar refractivity (Wildman–Crippen MR) is 85.8 cm³/mol. The van der Waals surface area contributed by atoms with Gasteiger partial charge >= 0.3 is 5.97 Å². The van der Waals surface area contributed by atoms with E-state index in [4.69, 9.17) is 4.74 Å². The molecule has 1 aromatic rings. The number of ether oxygens (including phenoxy) is 1. The van der Waals surface area contributed by atoms with E-state index >= 15 is 0 Å². The molecular formula is C16H25N3O4. The fourth-order valence-corrected chi connectivity index (χ4v) is 2.90. The second kappa shape index (κ2) is 8.12. The molecule has 2 heterocycles. The molecule has 0 aliphatic carbocycles. The van der Waals surface area contributed by atoms with Crippen molar-refractivity contribution in [2.75, 3.05) is 39.4 Å². The molecule has 2 rings (SSSR count). The number of carbonyl (C=O) groups is 2. The lowest BCUT2D eigenvalue weighted by molar-refractivity contribution is -0.120. The van der Waals surface area contributed by atoms with Gasteiger partial charge in [0.05, 0.1) is 25.2 Å². The van der Waals surface area contributed by atoms with Gasteiger partial charge in [-0.15, -0.1) is 0 Å². The molecule has 0 radical (unpaired) electrons. The number of aromatic nitrogens is 1. The number of amides is 1. The van der Waals surface area contributed by atoms with Crippen molar-refractivity contribution in [3.8, 4) is 0 Å². The highest BCUT2D eigenvalue weighted by Crippen LogP contribution is 2.18. The lowest BCUT2D eigenvalue weighted by atomic mass is 10.1. The summed E-state index contributed by atoms with van der Waals surface area (Å²) in [6, 6.07) is 0. The first-order chi connectivity index (χ1) is 11.0. The van der Waals surface area contributed by atoms with Gasteiger partial charge in [-0.2, -0.15) is 0 Å². The van der Waals surface area contributed by atoms with Gasteiger partial charge < -0.3 is 19.7 Å². The molecule has 1 aromatic heterocycles. The molecule has 0 atom stereocenters. The number of morpholine rings is 1. The summed E-state index contributed by atoms with van der Waals surface area (Å²) >= 11 is 0. The molecule has 1 fully saturated rings. The van der Waals surface area contributed by atoms with Crippen LogP contribution in [0.5, 0.6) is 0 Å². The molecule has 2 N–H and O–H groups in total. The fraction of sp³-hybridized carbons (Fsp3) is 0.625. The van der Waals surface area contributed by atoms with Crippen molar-refractivity contribution in [1.29, 1.82) is 0 Å². The molecule has 0 bridgehead atoms. The van der Waals surface area contributed by atoms with Gasteiger partial charge in [0.2, 0.25) is 5.91 Å². The summed E-state index contributed by atoms with van der Waals surface area (Å²) in [4.78, 5) is 25.8. The fourth-order valence-electron chi connectivity index (χ4n) is 2.90. The average Bonchev–Trinajstić information content (AvgIpc) is 2.84. The van der Waals surface area contributed by atoms with Crippen molar-refractivity contribution in [3.63, 3.8) is 0 Å². The molecule has 128 valence electrons. The van der Waals surface area contributed by atoms with Crippen molar-refractivity contribution in [2.45, 2.75) is 26.8 Å². The molecule has 0 spiro atoms. The number of hydrogen-bond donors (Lipinski definition) is 2. The number of aromatic carboxylic acids is 1. The summed E-state index contributed by atoms with van der Waals surface area (Å²) in [5.74, 6) is -1.13. The minimum absolute atomic E-state index is 0.0897. The zero-order valence-electron chi connectivity index (χ0n) is 13.8. The Labute approximate surface area is 136 Å². The zero-order valence-corrected chi connectivity index (χ0v) is 13.8. The molecule has 1 aliphatic heterocycles. The highest BCUT2D eigenvalue weighted by atomic mass is 16.5. The molecule has 0 saturated carbocycles. The summed E-state index contributed by atoms with van der Waals surface area (Å²) in [5.41, 5.74) is 1.51. The van der Waals surface area contributed by atoms with E-state index in [-0.39, 0.29) is 17.9 Å². The quantitative estimate of drug-likeness (QED) is 0.764. The van der Waals surface area contributed by atoms with E-state index in [2.05, 4.69) is 10.2 Å². The normalized spacial score (nSPS) is 15.6. The molecule has 0 unspecified atom stereocenters. The lowest BCUT2D eigenvalue weighted by Crippen LogP contribution is -2.41. The smallest absolute Gasteiger partial charge is 0.337 e. The van der Waals surface area contributed by atoms with E-state index in [0.717, 1.165) is 32.8 Å². The predicted octanol–water partition coefficient (Wildman–Crippen LogP) is 0.506. The summed E-state index contributed by atoms with van der Waals surface area (Å²) < 4.78 is 7.12. The van der Waals surface area contributed by atoms with Gasteiger partial charge in [0.25, 0.3) is 0 Å². The van der Waals surface area contributed by atoms with Gasteiger partial charge in [-0.25, -0.2) is 4.79 Å². The number of carbonyl (C=O) groups excluding carboxylic acids is 1. The summed E-state index contributed by atoms with van der Waals surface area (Å²) in [6.07, 6.45) is 1.88. The second-order valence-corrected chi connectivity index (χ2v) is 5.71. The first-order valence-electron chi connectivity index (χ1n) is 8.01. The maximum Gasteiger partial charge on any atom is 0.337 e. The summed E-state index contributed by atoms with van der Waals surface area (Å²) in [5, 5.41) is 12.2. The standard InChI is InChI=1S/C16H25N3O4/c1-3-19-11-12(2)15(16(21)22)13(19)10-14(20)17-4-5-18-6-8-23-9-7-18/h11H,3-10H2,1-2H3,(H,17,20)(H,21,22). The summed E-state index contributed by atoms with van der Waals surface area (Å²) in [6.45, 7) is 8.93. The number of rotatable bonds is 7. The highest BCUT2D eigenvalue weighted by molar-refractivity contribution is 5.93. The van der Waals surface area contributed by atoms with Gasteiger partial charge in [-0.3, -0.25) is 9.69 Å². The Kier molecular flexibility index (Phi) is 6.18. The first kappa shape index (κ1) is 17.5. The van der Waals surface area contributed by atoms with Crippen molar-refractivity contribution in [1.82, 2.24) is 14.8 Å². The number of aryl methyl sites for hydroxylation is 2. The van der Waals surface area contributed by atoms with E-state index in [0.29, 0.717) is 24.3 Å². The van der Waals surface area contributed by atoms with Gasteiger partial charge in [0.1, 0.15) is 0 Å². The maximum atomic E-state index is 12.1. The van der Waals surface area contributed by atoms with E-state index in [1.54, 1.807) is 13.1 Å². The van der Waals surface area contributed by atoms with Crippen LogP contribution in [0, 0.1) is 6.92 Å². The number of nitrogens with one attached hydrogen (secondary N) is 1.